The third-order valence-corrected chi connectivity index (χ3v) is 5.47. The molecule has 178 valence electrons. The molecule has 1 aromatic heterocycles. The summed E-state index contributed by atoms with van der Waals surface area (Å²) in [5.41, 5.74) is 0.714. The van der Waals surface area contributed by atoms with Crippen molar-refractivity contribution >= 4 is 35.6 Å². The molecule has 2 aromatic rings. The Hall–Kier alpha value is -1.95. The number of hydrogen-bond acceptors (Lipinski definition) is 5. The van der Waals surface area contributed by atoms with E-state index in [0.29, 0.717) is 5.69 Å². The van der Waals surface area contributed by atoms with E-state index in [1.54, 1.807) is 12.4 Å². The van der Waals surface area contributed by atoms with E-state index in [4.69, 9.17) is 4.99 Å². The molecule has 2 N–H and O–H groups in total. The van der Waals surface area contributed by atoms with Crippen LogP contribution in [0.4, 0.5) is 10.1 Å². The first-order chi connectivity index (χ1) is 15.2. The van der Waals surface area contributed by atoms with E-state index in [1.165, 1.54) is 6.07 Å². The average Bonchev–Trinajstić information content (AvgIpc) is 3.25. The van der Waals surface area contributed by atoms with Gasteiger partial charge >= 0.3 is 0 Å². The molecule has 0 atom stereocenters. The van der Waals surface area contributed by atoms with Crippen molar-refractivity contribution in [1.29, 1.82) is 0 Å². The number of aliphatic imine (C=N–C) groups is 1. The largest absolute Gasteiger partial charge is 0.367 e. The van der Waals surface area contributed by atoms with Crippen molar-refractivity contribution in [3.63, 3.8) is 0 Å². The number of guanidine groups is 1. The van der Waals surface area contributed by atoms with Crippen molar-refractivity contribution in [3.8, 4) is 0 Å². The van der Waals surface area contributed by atoms with Crippen LogP contribution in [0.5, 0.6) is 0 Å². The quantitative estimate of drug-likeness (QED) is 0.202. The van der Waals surface area contributed by atoms with Crippen LogP contribution < -0.4 is 15.5 Å². The van der Waals surface area contributed by atoms with Crippen LogP contribution in [-0.2, 0) is 13.0 Å². The normalized spacial score (nSPS) is 14.8. The first-order valence-corrected chi connectivity index (χ1v) is 11.3. The van der Waals surface area contributed by atoms with Gasteiger partial charge in [-0.2, -0.15) is 0 Å². The van der Waals surface area contributed by atoms with E-state index < -0.39 is 0 Å². The Morgan fingerprint density at radius 2 is 1.88 bits per heavy atom. The summed E-state index contributed by atoms with van der Waals surface area (Å²) in [7, 11) is 0. The zero-order chi connectivity index (χ0) is 21.9. The van der Waals surface area contributed by atoms with Crippen molar-refractivity contribution in [3.05, 3.63) is 42.2 Å². The summed E-state index contributed by atoms with van der Waals surface area (Å²) in [5.74, 6) is 1.71. The molecule has 1 aliphatic rings. The molecule has 0 radical (unpaired) electrons. The SMILES string of the molecule is CCNC(=NCCCN1CCN(c2ccccc2F)CC1)NCCn1cnnc1CC.I. The lowest BCUT2D eigenvalue weighted by molar-refractivity contribution is 0.256. The summed E-state index contributed by atoms with van der Waals surface area (Å²) >= 11 is 0. The third-order valence-electron chi connectivity index (χ3n) is 5.47. The van der Waals surface area contributed by atoms with Crippen LogP contribution in [0, 0.1) is 5.82 Å². The molecule has 0 amide bonds. The van der Waals surface area contributed by atoms with Gasteiger partial charge in [0.1, 0.15) is 18.0 Å². The number of halogens is 2. The molecule has 10 heteroatoms. The number of hydrogen-bond donors (Lipinski definition) is 2. The summed E-state index contributed by atoms with van der Waals surface area (Å²) in [4.78, 5) is 9.27. The van der Waals surface area contributed by atoms with Gasteiger partial charge in [-0.3, -0.25) is 9.89 Å². The highest BCUT2D eigenvalue weighted by atomic mass is 127. The maximum atomic E-state index is 14.0. The van der Waals surface area contributed by atoms with Crippen LogP contribution in [0.1, 0.15) is 26.1 Å². The van der Waals surface area contributed by atoms with Gasteiger partial charge in [-0.25, -0.2) is 4.39 Å². The molecule has 0 saturated carbocycles. The molecule has 32 heavy (non-hydrogen) atoms. The second-order valence-corrected chi connectivity index (χ2v) is 7.62. The zero-order valence-corrected chi connectivity index (χ0v) is 21.5. The van der Waals surface area contributed by atoms with Crippen molar-refractivity contribution in [2.75, 3.05) is 57.3 Å². The molecule has 0 bridgehead atoms. The Bertz CT molecular complexity index is 820. The minimum atomic E-state index is -0.135. The molecular formula is C22H36FIN8. The van der Waals surface area contributed by atoms with Gasteiger partial charge in [-0.05, 0) is 25.5 Å². The molecule has 1 aliphatic heterocycles. The maximum Gasteiger partial charge on any atom is 0.191 e. The number of benzene rings is 1. The summed E-state index contributed by atoms with van der Waals surface area (Å²) in [6.07, 6.45) is 3.65. The van der Waals surface area contributed by atoms with Crippen LogP contribution in [0.2, 0.25) is 0 Å². The molecule has 0 unspecified atom stereocenters. The van der Waals surface area contributed by atoms with Crippen molar-refractivity contribution in [2.24, 2.45) is 4.99 Å². The van der Waals surface area contributed by atoms with E-state index >= 15 is 0 Å². The fraction of sp³-hybridized carbons (Fsp3) is 0.591. The Balaban J connectivity index is 0.00000363. The van der Waals surface area contributed by atoms with Gasteiger partial charge in [0.25, 0.3) is 0 Å². The van der Waals surface area contributed by atoms with Gasteiger partial charge in [-0.1, -0.05) is 19.1 Å². The molecular weight excluding hydrogens is 522 g/mol. The lowest BCUT2D eigenvalue weighted by atomic mass is 10.2. The topological polar surface area (TPSA) is 73.6 Å². The van der Waals surface area contributed by atoms with Crippen LogP contribution in [0.25, 0.3) is 0 Å². The second-order valence-electron chi connectivity index (χ2n) is 7.62. The molecule has 0 aliphatic carbocycles. The number of rotatable bonds is 10. The zero-order valence-electron chi connectivity index (χ0n) is 19.1. The minimum absolute atomic E-state index is 0. The highest BCUT2D eigenvalue weighted by molar-refractivity contribution is 14.0. The summed E-state index contributed by atoms with van der Waals surface area (Å²) in [6.45, 7) is 12.0. The molecule has 3 rings (SSSR count). The van der Waals surface area contributed by atoms with Crippen LogP contribution in [-0.4, -0.2) is 78.0 Å². The number of nitrogens with zero attached hydrogens (tertiary/aromatic N) is 6. The fourth-order valence-corrected chi connectivity index (χ4v) is 3.78. The van der Waals surface area contributed by atoms with Gasteiger partial charge in [-0.15, -0.1) is 34.2 Å². The molecule has 8 nitrogen and oxygen atoms in total. The van der Waals surface area contributed by atoms with E-state index in [2.05, 4.69) is 49.0 Å². The number of nitrogens with one attached hydrogen (secondary N) is 2. The molecule has 0 spiro atoms. The number of anilines is 1. The van der Waals surface area contributed by atoms with Crippen molar-refractivity contribution in [1.82, 2.24) is 30.3 Å². The Morgan fingerprint density at radius 3 is 2.59 bits per heavy atom. The van der Waals surface area contributed by atoms with Crippen LogP contribution in [0.15, 0.2) is 35.6 Å². The number of para-hydroxylation sites is 1. The number of aryl methyl sites for hydroxylation is 1. The van der Waals surface area contributed by atoms with E-state index in [-0.39, 0.29) is 29.8 Å². The summed E-state index contributed by atoms with van der Waals surface area (Å²) in [5, 5.41) is 14.8. The lowest BCUT2D eigenvalue weighted by Gasteiger charge is -2.36. The molecule has 1 saturated heterocycles. The Morgan fingerprint density at radius 1 is 1.09 bits per heavy atom. The van der Waals surface area contributed by atoms with Gasteiger partial charge in [0.15, 0.2) is 5.96 Å². The predicted octanol–water partition coefficient (Wildman–Crippen LogP) is 2.37. The standard InChI is InChI=1S/C22H35FN8.HI/c1-3-21-28-27-18-31(21)13-11-26-22(24-4-2)25-10-7-12-29-14-16-30(17-15-29)20-9-6-5-8-19(20)23;/h5-6,8-9,18H,3-4,7,10-17H2,1-2H3,(H2,24,25,26);1H. The second kappa shape index (κ2) is 14.2. The van der Waals surface area contributed by atoms with Crippen LogP contribution in [0.3, 0.4) is 0 Å². The van der Waals surface area contributed by atoms with Crippen molar-refractivity contribution in [2.45, 2.75) is 33.2 Å². The smallest absolute Gasteiger partial charge is 0.191 e. The summed E-state index contributed by atoms with van der Waals surface area (Å²) < 4.78 is 16.0. The Kier molecular flexibility index (Phi) is 11.7. The first-order valence-electron chi connectivity index (χ1n) is 11.3. The van der Waals surface area contributed by atoms with Gasteiger partial charge in [0.05, 0.1) is 5.69 Å². The lowest BCUT2D eigenvalue weighted by Crippen LogP contribution is -2.47. The first kappa shape index (κ1) is 26.3. The van der Waals surface area contributed by atoms with Gasteiger partial charge < -0.3 is 20.1 Å². The van der Waals surface area contributed by atoms with Crippen LogP contribution >= 0.6 is 24.0 Å². The highest BCUT2D eigenvalue weighted by Gasteiger charge is 2.18. The molecule has 1 fully saturated rings. The monoisotopic (exact) mass is 558 g/mol. The number of aromatic nitrogens is 3. The number of piperazine rings is 1. The van der Waals surface area contributed by atoms with E-state index in [1.807, 2.05) is 12.1 Å². The van der Waals surface area contributed by atoms with E-state index in [9.17, 15) is 4.39 Å². The van der Waals surface area contributed by atoms with Gasteiger partial charge in [0.2, 0.25) is 0 Å². The maximum absolute atomic E-state index is 14.0. The fourth-order valence-electron chi connectivity index (χ4n) is 3.78. The third kappa shape index (κ3) is 7.88. The average molecular weight is 558 g/mol. The molecule has 1 aromatic carbocycles. The van der Waals surface area contributed by atoms with E-state index in [0.717, 1.165) is 83.5 Å². The molecule has 2 heterocycles. The van der Waals surface area contributed by atoms with Gasteiger partial charge in [0, 0.05) is 65.3 Å². The Labute approximate surface area is 207 Å². The van der Waals surface area contributed by atoms with Crippen molar-refractivity contribution < 1.29 is 4.39 Å². The minimum Gasteiger partial charge on any atom is -0.367 e. The predicted molar refractivity (Wildman–Crippen MR) is 138 cm³/mol. The summed E-state index contributed by atoms with van der Waals surface area (Å²) in [6, 6.07) is 7.03. The highest BCUT2D eigenvalue weighted by Crippen LogP contribution is 2.20.